The summed E-state index contributed by atoms with van der Waals surface area (Å²) >= 11 is 0. The zero-order valence-electron chi connectivity index (χ0n) is 45.2. The molecule has 0 spiro atoms. The van der Waals surface area contributed by atoms with Crippen LogP contribution in [0.3, 0.4) is 0 Å². The highest BCUT2D eigenvalue weighted by molar-refractivity contribution is 7.45. The molecule has 10 heteroatoms. The number of phosphoric acid groups is 1. The van der Waals surface area contributed by atoms with Crippen LogP contribution in [0.15, 0.2) is 72.9 Å². The van der Waals surface area contributed by atoms with Crippen molar-refractivity contribution in [2.75, 3.05) is 47.5 Å². The van der Waals surface area contributed by atoms with Gasteiger partial charge in [0.15, 0.2) is 6.10 Å². The lowest BCUT2D eigenvalue weighted by molar-refractivity contribution is -0.870. The van der Waals surface area contributed by atoms with Crippen molar-refractivity contribution < 1.29 is 42.1 Å². The first-order chi connectivity index (χ1) is 33.5. The van der Waals surface area contributed by atoms with Gasteiger partial charge in [-0.15, -0.1) is 0 Å². The van der Waals surface area contributed by atoms with Crippen LogP contribution in [0.4, 0.5) is 0 Å². The van der Waals surface area contributed by atoms with Crippen molar-refractivity contribution in [2.45, 2.75) is 245 Å². The molecule has 0 amide bonds. The van der Waals surface area contributed by atoms with Crippen molar-refractivity contribution in [3.8, 4) is 0 Å². The molecule has 0 N–H and O–H groups in total. The Balaban J connectivity index is 4.24. The summed E-state index contributed by atoms with van der Waals surface area (Å²) in [6, 6.07) is 0. The average molecular weight is 988 g/mol. The quantitative estimate of drug-likeness (QED) is 0.0195. The number of carbonyl (C=O) groups is 2. The van der Waals surface area contributed by atoms with Crippen LogP contribution in [0.1, 0.15) is 239 Å². The van der Waals surface area contributed by atoms with E-state index < -0.39 is 32.5 Å². The van der Waals surface area contributed by atoms with Gasteiger partial charge in [0, 0.05) is 12.8 Å². The van der Waals surface area contributed by atoms with Crippen LogP contribution in [0.5, 0.6) is 0 Å². The highest BCUT2D eigenvalue weighted by atomic mass is 31.2. The van der Waals surface area contributed by atoms with Crippen LogP contribution < -0.4 is 4.89 Å². The van der Waals surface area contributed by atoms with Crippen LogP contribution in [0, 0.1) is 0 Å². The third kappa shape index (κ3) is 54.6. The molecule has 0 aliphatic heterocycles. The first-order valence-electron chi connectivity index (χ1n) is 28.1. The van der Waals surface area contributed by atoms with Gasteiger partial charge in [0.25, 0.3) is 7.82 Å². The molecular weight excluding hydrogens is 882 g/mol. The first-order valence-corrected chi connectivity index (χ1v) is 29.6. The summed E-state index contributed by atoms with van der Waals surface area (Å²) in [4.78, 5) is 37.8. The molecule has 0 saturated heterocycles. The van der Waals surface area contributed by atoms with Gasteiger partial charge in [-0.1, -0.05) is 234 Å². The molecule has 0 bridgehead atoms. The second-order valence-corrected chi connectivity index (χ2v) is 21.3. The lowest BCUT2D eigenvalue weighted by atomic mass is 10.0. The lowest BCUT2D eigenvalue weighted by Crippen LogP contribution is -2.37. The van der Waals surface area contributed by atoms with Gasteiger partial charge in [-0.05, 0) is 64.2 Å². The Hall–Kier alpha value is -2.55. The zero-order chi connectivity index (χ0) is 50.6. The van der Waals surface area contributed by atoms with E-state index in [0.717, 1.165) is 70.6 Å². The Bertz CT molecular complexity index is 1400. The Morgan fingerprint density at radius 3 is 1.23 bits per heavy atom. The fraction of sp³-hybridized carbons (Fsp3) is 0.763. The second-order valence-electron chi connectivity index (χ2n) is 19.9. The molecular formula is C59H106NO8P. The number of likely N-dealkylation sites (N-methyl/N-ethyl adjacent to an activating group) is 1. The van der Waals surface area contributed by atoms with Crippen LogP contribution in [-0.4, -0.2) is 70.0 Å². The standard InChI is InChI=1S/C59H106NO8P/c1-6-8-10-12-14-16-18-20-22-24-26-28-29-30-32-33-35-37-39-41-43-45-47-49-51-58(61)65-55-57(56-67-69(63,64)66-54-53-60(3,4)5)68-59(62)52-50-48-46-44-42-40-38-36-34-31-27-25-23-21-19-17-15-13-11-9-7-2/h9,11,15,17,21,23,27,31,36,38,42,44,57H,6-8,10,12-14,16,18-20,22,24-26,28-30,32-35,37,39-41,43,45-56H2,1-5H3/b11-9-,17-15-,23-21-,31-27-,38-36-,44-42-. The monoisotopic (exact) mass is 988 g/mol. The van der Waals surface area contributed by atoms with Crippen LogP contribution in [0.2, 0.25) is 0 Å². The molecule has 0 rings (SSSR count). The van der Waals surface area contributed by atoms with E-state index in [1.807, 2.05) is 21.1 Å². The van der Waals surface area contributed by atoms with Gasteiger partial charge in [-0.25, -0.2) is 0 Å². The minimum atomic E-state index is -4.65. The van der Waals surface area contributed by atoms with Gasteiger partial charge in [-0.2, -0.15) is 0 Å². The molecule has 9 nitrogen and oxygen atoms in total. The fourth-order valence-electron chi connectivity index (χ4n) is 7.66. The number of esters is 2. The van der Waals surface area contributed by atoms with E-state index in [0.29, 0.717) is 17.4 Å². The number of hydrogen-bond acceptors (Lipinski definition) is 8. The largest absolute Gasteiger partial charge is 0.756 e. The minimum absolute atomic E-state index is 0.0416. The maximum absolute atomic E-state index is 12.8. The number of carbonyl (C=O) groups excluding carboxylic acids is 2. The summed E-state index contributed by atoms with van der Waals surface area (Å²) in [6.07, 6.45) is 65.2. The van der Waals surface area contributed by atoms with Gasteiger partial charge in [0.1, 0.15) is 19.8 Å². The SMILES string of the molecule is CC/C=C\C/C=C\C/C=C\C/C=C\C/C=C\C/C=C\CCCCC(=O)OC(COC(=O)CCCCCCCCCCCCCCCCCCCCCCCCCC)COP(=O)([O-])OCC[N+](C)(C)C. The molecule has 0 aromatic rings. The third-order valence-electron chi connectivity index (χ3n) is 12.0. The predicted octanol–water partition coefficient (Wildman–Crippen LogP) is 16.7. The van der Waals surface area contributed by atoms with Gasteiger partial charge >= 0.3 is 11.9 Å². The molecule has 0 aliphatic rings. The van der Waals surface area contributed by atoms with Crippen molar-refractivity contribution in [1.29, 1.82) is 0 Å². The molecule has 2 atom stereocenters. The Labute approximate surface area is 425 Å². The van der Waals surface area contributed by atoms with Gasteiger partial charge < -0.3 is 27.9 Å². The molecule has 0 saturated carbocycles. The van der Waals surface area contributed by atoms with Crippen molar-refractivity contribution in [3.05, 3.63) is 72.9 Å². The molecule has 0 aromatic carbocycles. The van der Waals surface area contributed by atoms with E-state index >= 15 is 0 Å². The average Bonchev–Trinajstić information content (AvgIpc) is 3.31. The van der Waals surface area contributed by atoms with E-state index in [1.165, 1.54) is 135 Å². The number of rotatable bonds is 51. The summed E-state index contributed by atoms with van der Waals surface area (Å²) in [5, 5.41) is 0. The van der Waals surface area contributed by atoms with Crippen molar-refractivity contribution in [2.24, 2.45) is 0 Å². The maximum Gasteiger partial charge on any atom is 0.306 e. The summed E-state index contributed by atoms with van der Waals surface area (Å²) < 4.78 is 34.1. The number of hydrogen-bond donors (Lipinski definition) is 0. The van der Waals surface area contributed by atoms with Gasteiger partial charge in [0.2, 0.25) is 0 Å². The first kappa shape index (κ1) is 66.5. The molecule has 69 heavy (non-hydrogen) atoms. The number of quaternary nitrogens is 1. The fourth-order valence-corrected chi connectivity index (χ4v) is 8.39. The molecule has 400 valence electrons. The van der Waals surface area contributed by atoms with E-state index in [2.05, 4.69) is 86.8 Å². The number of phosphoric ester groups is 1. The molecule has 0 heterocycles. The highest BCUT2D eigenvalue weighted by Crippen LogP contribution is 2.38. The molecule has 0 fully saturated rings. The molecule has 0 aromatic heterocycles. The number of allylic oxidation sites excluding steroid dienone is 12. The van der Waals surface area contributed by atoms with E-state index in [-0.39, 0.29) is 26.1 Å². The Morgan fingerprint density at radius 2 is 0.826 bits per heavy atom. The summed E-state index contributed by atoms with van der Waals surface area (Å²) in [5.74, 6) is -0.880. The zero-order valence-corrected chi connectivity index (χ0v) is 46.1. The maximum atomic E-state index is 12.8. The number of unbranched alkanes of at least 4 members (excludes halogenated alkanes) is 25. The Kier molecular flexibility index (Phi) is 48.5. The number of ether oxygens (including phenoxy) is 2. The summed E-state index contributed by atoms with van der Waals surface area (Å²) in [5.41, 5.74) is 0. The van der Waals surface area contributed by atoms with Gasteiger partial charge in [0.05, 0.1) is 27.7 Å². The molecule has 0 aliphatic carbocycles. The van der Waals surface area contributed by atoms with Gasteiger partial charge in [-0.3, -0.25) is 14.2 Å². The van der Waals surface area contributed by atoms with Crippen LogP contribution in [0.25, 0.3) is 0 Å². The highest BCUT2D eigenvalue weighted by Gasteiger charge is 2.21. The van der Waals surface area contributed by atoms with E-state index in [4.69, 9.17) is 18.5 Å². The van der Waals surface area contributed by atoms with Crippen molar-refractivity contribution >= 4 is 19.8 Å². The molecule has 0 radical (unpaired) electrons. The minimum Gasteiger partial charge on any atom is -0.756 e. The summed E-state index contributed by atoms with van der Waals surface area (Å²) in [6.45, 7) is 4.09. The third-order valence-corrected chi connectivity index (χ3v) is 13.0. The van der Waals surface area contributed by atoms with E-state index in [1.54, 1.807) is 0 Å². The van der Waals surface area contributed by atoms with Crippen LogP contribution in [-0.2, 0) is 32.7 Å². The predicted molar refractivity (Wildman–Crippen MR) is 291 cm³/mol. The lowest BCUT2D eigenvalue weighted by Gasteiger charge is -2.28. The number of nitrogens with zero attached hydrogens (tertiary/aromatic N) is 1. The van der Waals surface area contributed by atoms with Crippen LogP contribution >= 0.6 is 7.82 Å². The summed E-state index contributed by atoms with van der Waals surface area (Å²) in [7, 11) is 1.13. The normalized spacial score (nSPS) is 13.9. The molecule has 2 unspecified atom stereocenters. The smallest absolute Gasteiger partial charge is 0.306 e. The topological polar surface area (TPSA) is 111 Å². The Morgan fingerprint density at radius 1 is 0.464 bits per heavy atom. The van der Waals surface area contributed by atoms with Crippen molar-refractivity contribution in [1.82, 2.24) is 0 Å². The second kappa shape index (κ2) is 50.4. The van der Waals surface area contributed by atoms with E-state index in [9.17, 15) is 19.0 Å². The van der Waals surface area contributed by atoms with Crippen molar-refractivity contribution in [3.63, 3.8) is 0 Å².